The van der Waals surface area contributed by atoms with Crippen molar-refractivity contribution < 1.29 is 31.1 Å². The summed E-state index contributed by atoms with van der Waals surface area (Å²) >= 11 is 8.94. The molecule has 0 aliphatic carbocycles. The highest BCUT2D eigenvalue weighted by Gasteiger charge is 2.39. The normalized spacial score (nSPS) is 12.4. The van der Waals surface area contributed by atoms with Gasteiger partial charge in [-0.05, 0) is 28.1 Å². The fourth-order valence-electron chi connectivity index (χ4n) is 1.09. The number of alkyl halides is 6. The topological polar surface area (TPSA) is 29.1 Å². The highest BCUT2D eigenvalue weighted by Crippen LogP contribution is 2.38. The van der Waals surface area contributed by atoms with Gasteiger partial charge in [-0.3, -0.25) is 4.79 Å². The van der Waals surface area contributed by atoms with E-state index in [1.165, 1.54) is 5.32 Å². The van der Waals surface area contributed by atoms with Gasteiger partial charge in [0, 0.05) is 9.37 Å². The lowest BCUT2D eigenvalue weighted by atomic mass is 10.3. The molecule has 1 rings (SSSR count). The van der Waals surface area contributed by atoms with Gasteiger partial charge in [-0.15, -0.1) is 11.8 Å². The van der Waals surface area contributed by atoms with Crippen molar-refractivity contribution in [3.05, 3.63) is 21.6 Å². The number of rotatable bonds is 3. The monoisotopic (exact) mass is 415 g/mol. The van der Waals surface area contributed by atoms with Gasteiger partial charge in [0.05, 0.1) is 16.5 Å². The summed E-state index contributed by atoms with van der Waals surface area (Å²) in [6.07, 6.45) is -9.57. The largest absolute Gasteiger partial charge is 0.471 e. The zero-order valence-electron chi connectivity index (χ0n) is 9.70. The standard InChI is InChI=1S/C10H5BrClF6NOS/c11-4-1-5(12)6(19-8(20)10(16,17)18)2-7(4)21-3-9(13,14)15/h1-2H,3H2,(H,19,20). The Morgan fingerprint density at radius 2 is 1.81 bits per heavy atom. The first kappa shape index (κ1) is 18.4. The van der Waals surface area contributed by atoms with E-state index in [9.17, 15) is 31.1 Å². The summed E-state index contributed by atoms with van der Waals surface area (Å²) in [6, 6.07) is 2.04. The number of thioether (sulfide) groups is 1. The van der Waals surface area contributed by atoms with Gasteiger partial charge in [-0.1, -0.05) is 11.6 Å². The molecule has 2 nitrogen and oxygen atoms in total. The first-order valence-corrected chi connectivity index (χ1v) is 7.12. The molecule has 0 fully saturated rings. The minimum absolute atomic E-state index is 0.00537. The van der Waals surface area contributed by atoms with Crippen molar-refractivity contribution >= 4 is 50.9 Å². The van der Waals surface area contributed by atoms with Crippen LogP contribution in [-0.2, 0) is 4.79 Å². The number of benzene rings is 1. The second-order valence-corrected chi connectivity index (χ2v) is 5.90. The number of carbonyl (C=O) groups is 1. The Balaban J connectivity index is 2.98. The molecule has 1 aromatic rings. The van der Waals surface area contributed by atoms with Gasteiger partial charge >= 0.3 is 18.3 Å². The number of halogens is 8. The molecule has 1 amide bonds. The van der Waals surface area contributed by atoms with E-state index in [2.05, 4.69) is 15.9 Å². The number of carbonyl (C=O) groups excluding carboxylic acids is 1. The molecule has 0 aliphatic heterocycles. The maximum Gasteiger partial charge on any atom is 0.471 e. The molecule has 0 heterocycles. The summed E-state index contributed by atoms with van der Waals surface area (Å²) in [7, 11) is 0. The van der Waals surface area contributed by atoms with Crippen molar-refractivity contribution in [2.24, 2.45) is 0 Å². The fourth-order valence-corrected chi connectivity index (χ4v) is 2.83. The summed E-state index contributed by atoms with van der Waals surface area (Å²) in [5.74, 6) is -3.50. The number of hydrogen-bond donors (Lipinski definition) is 1. The van der Waals surface area contributed by atoms with Crippen LogP contribution < -0.4 is 5.32 Å². The van der Waals surface area contributed by atoms with Crippen LogP contribution in [-0.4, -0.2) is 24.0 Å². The zero-order chi connectivity index (χ0) is 16.4. The molecular weight excluding hydrogens is 412 g/mol. The van der Waals surface area contributed by atoms with E-state index in [1.54, 1.807) is 0 Å². The van der Waals surface area contributed by atoms with Crippen LogP contribution in [0.4, 0.5) is 32.0 Å². The Kier molecular flexibility index (Phi) is 5.84. The molecule has 118 valence electrons. The zero-order valence-corrected chi connectivity index (χ0v) is 12.9. The molecular formula is C10H5BrClF6NOS. The second kappa shape index (κ2) is 6.66. The van der Waals surface area contributed by atoms with Gasteiger partial charge in [0.25, 0.3) is 0 Å². The van der Waals surface area contributed by atoms with Crippen molar-refractivity contribution in [1.29, 1.82) is 0 Å². The van der Waals surface area contributed by atoms with E-state index in [1.807, 2.05) is 0 Å². The van der Waals surface area contributed by atoms with Crippen molar-refractivity contribution in [3.63, 3.8) is 0 Å². The molecule has 0 spiro atoms. The van der Waals surface area contributed by atoms with E-state index in [-0.39, 0.29) is 14.4 Å². The molecule has 11 heteroatoms. The highest BCUT2D eigenvalue weighted by molar-refractivity contribution is 9.10. The first-order chi connectivity index (χ1) is 9.40. The minimum atomic E-state index is -5.13. The second-order valence-electron chi connectivity index (χ2n) is 3.62. The van der Waals surface area contributed by atoms with Crippen LogP contribution in [0, 0.1) is 0 Å². The molecule has 1 N–H and O–H groups in total. The smallest absolute Gasteiger partial charge is 0.317 e. The van der Waals surface area contributed by atoms with Gasteiger partial charge in [0.1, 0.15) is 0 Å². The number of amides is 1. The summed E-state index contributed by atoms with van der Waals surface area (Å²) in [5.41, 5.74) is -0.424. The Morgan fingerprint density at radius 1 is 1.24 bits per heavy atom. The third-order valence-corrected chi connectivity index (χ3v) is 4.27. The molecule has 0 atom stereocenters. The van der Waals surface area contributed by atoms with E-state index in [0.29, 0.717) is 11.8 Å². The maximum absolute atomic E-state index is 12.1. The molecule has 21 heavy (non-hydrogen) atoms. The fraction of sp³-hybridized carbons (Fsp3) is 0.300. The third kappa shape index (κ3) is 5.95. The SMILES string of the molecule is O=C(Nc1cc(SCC(F)(F)F)c(Br)cc1Cl)C(F)(F)F. The van der Waals surface area contributed by atoms with Crippen LogP contribution in [0.2, 0.25) is 5.02 Å². The molecule has 0 aromatic heterocycles. The van der Waals surface area contributed by atoms with E-state index < -0.39 is 29.7 Å². The quantitative estimate of drug-likeness (QED) is 0.538. The molecule has 0 unspecified atom stereocenters. The van der Waals surface area contributed by atoms with Crippen LogP contribution in [0.5, 0.6) is 0 Å². The summed E-state index contributed by atoms with van der Waals surface area (Å²) in [6.45, 7) is 0. The summed E-state index contributed by atoms with van der Waals surface area (Å²) < 4.78 is 73.0. The molecule has 0 bridgehead atoms. The molecule has 1 aromatic carbocycles. The van der Waals surface area contributed by atoms with Crippen LogP contribution in [0.25, 0.3) is 0 Å². The van der Waals surface area contributed by atoms with E-state index >= 15 is 0 Å². The summed E-state index contributed by atoms with van der Waals surface area (Å²) in [5, 5.41) is 1.26. The van der Waals surface area contributed by atoms with Gasteiger partial charge in [-0.2, -0.15) is 26.3 Å². The highest BCUT2D eigenvalue weighted by atomic mass is 79.9. The Bertz CT molecular complexity index is 548. The predicted octanol–water partition coefficient (Wildman–Crippen LogP) is 5.26. The van der Waals surface area contributed by atoms with Crippen molar-refractivity contribution in [1.82, 2.24) is 0 Å². The minimum Gasteiger partial charge on any atom is -0.317 e. The Labute approximate surface area is 132 Å². The van der Waals surface area contributed by atoms with E-state index in [4.69, 9.17) is 11.6 Å². The van der Waals surface area contributed by atoms with Crippen LogP contribution in [0.1, 0.15) is 0 Å². The lowest BCUT2D eigenvalue weighted by Crippen LogP contribution is -2.30. The van der Waals surface area contributed by atoms with Crippen LogP contribution >= 0.6 is 39.3 Å². The Morgan fingerprint density at radius 3 is 2.29 bits per heavy atom. The Hall–Kier alpha value is -0.610. The van der Waals surface area contributed by atoms with Gasteiger partial charge < -0.3 is 5.32 Å². The number of hydrogen-bond acceptors (Lipinski definition) is 2. The van der Waals surface area contributed by atoms with Crippen LogP contribution in [0.15, 0.2) is 21.5 Å². The molecule has 0 saturated carbocycles. The average Bonchev–Trinajstić information content (AvgIpc) is 2.28. The van der Waals surface area contributed by atoms with Crippen molar-refractivity contribution in [3.8, 4) is 0 Å². The lowest BCUT2D eigenvalue weighted by molar-refractivity contribution is -0.167. The lowest BCUT2D eigenvalue weighted by Gasteiger charge is -2.13. The number of nitrogens with one attached hydrogen (secondary N) is 1. The van der Waals surface area contributed by atoms with Gasteiger partial charge in [0.15, 0.2) is 0 Å². The van der Waals surface area contributed by atoms with Crippen LogP contribution in [0.3, 0.4) is 0 Å². The first-order valence-electron chi connectivity index (χ1n) is 4.97. The maximum atomic E-state index is 12.1. The molecule has 0 aliphatic rings. The van der Waals surface area contributed by atoms with Gasteiger partial charge in [0.2, 0.25) is 0 Å². The average molecular weight is 417 g/mol. The summed E-state index contributed by atoms with van der Waals surface area (Å²) in [4.78, 5) is 10.8. The van der Waals surface area contributed by atoms with E-state index in [0.717, 1.165) is 12.1 Å². The molecule has 0 saturated heterocycles. The van der Waals surface area contributed by atoms with Crippen molar-refractivity contribution in [2.75, 3.05) is 11.1 Å². The third-order valence-electron chi connectivity index (χ3n) is 1.92. The van der Waals surface area contributed by atoms with Crippen molar-refractivity contribution in [2.45, 2.75) is 17.2 Å². The molecule has 0 radical (unpaired) electrons. The number of anilines is 1. The van der Waals surface area contributed by atoms with Gasteiger partial charge in [-0.25, -0.2) is 0 Å². The predicted molar refractivity (Wildman–Crippen MR) is 70.6 cm³/mol.